The number of nitrogens with two attached hydrogens (primary N) is 1. The Labute approximate surface area is 260 Å². The molecule has 0 aliphatic carbocycles. The Morgan fingerprint density at radius 2 is 1.95 bits per heavy atom. The standard InChI is InChI=1S/C34H36N6O3S/c1-21(41)40-15-12-25(13-16-40)36-14-6-8-24-19-37-33(35)31-26(20-44-32(24)31)22-10-11-27(30(18-22)43-3)38-34(42)29-17-23-7-4-5-9-28(23)39(29)2/h4-11,17-20,25,36H,12-16H2,1-3H3,(H2,35,37)(H,38,42)/b8-6+. The van der Waals surface area contributed by atoms with Crippen molar-refractivity contribution >= 4 is 61.7 Å². The molecular formula is C34H36N6O3S. The highest BCUT2D eigenvalue weighted by Gasteiger charge is 2.20. The van der Waals surface area contributed by atoms with Crippen molar-refractivity contribution < 1.29 is 14.3 Å². The van der Waals surface area contributed by atoms with Crippen LogP contribution >= 0.6 is 11.3 Å². The van der Waals surface area contributed by atoms with E-state index in [1.54, 1.807) is 25.4 Å². The number of hydrogen-bond acceptors (Lipinski definition) is 7. The molecule has 5 aromatic rings. The highest BCUT2D eigenvalue weighted by molar-refractivity contribution is 7.18. The van der Waals surface area contributed by atoms with Crippen molar-refractivity contribution in [3.05, 3.63) is 77.4 Å². The predicted octanol–water partition coefficient (Wildman–Crippen LogP) is 5.91. The van der Waals surface area contributed by atoms with Crippen LogP contribution in [-0.2, 0) is 11.8 Å². The lowest BCUT2D eigenvalue weighted by Crippen LogP contribution is -2.44. The number of benzene rings is 2. The molecule has 2 aromatic carbocycles. The Morgan fingerprint density at radius 3 is 2.70 bits per heavy atom. The van der Waals surface area contributed by atoms with Crippen LogP contribution in [0.25, 0.3) is 38.2 Å². The van der Waals surface area contributed by atoms with Gasteiger partial charge in [-0.2, -0.15) is 0 Å². The molecule has 2 amide bonds. The van der Waals surface area contributed by atoms with E-state index in [-0.39, 0.29) is 11.8 Å². The number of nitrogens with one attached hydrogen (secondary N) is 2. The zero-order chi connectivity index (χ0) is 30.8. The molecule has 1 aliphatic rings. The van der Waals surface area contributed by atoms with Gasteiger partial charge in [0.2, 0.25) is 5.91 Å². The molecule has 6 rings (SSSR count). The van der Waals surface area contributed by atoms with Crippen molar-refractivity contribution in [2.24, 2.45) is 7.05 Å². The summed E-state index contributed by atoms with van der Waals surface area (Å²) in [6.07, 6.45) is 7.93. The Hall–Kier alpha value is -4.67. The second-order valence-corrected chi connectivity index (χ2v) is 11.9. The summed E-state index contributed by atoms with van der Waals surface area (Å²) in [7, 11) is 3.48. The number of para-hydroxylation sites is 1. The number of likely N-dealkylation sites (tertiary alicyclic amines) is 1. The Bertz CT molecular complexity index is 1880. The van der Waals surface area contributed by atoms with E-state index in [9.17, 15) is 9.59 Å². The van der Waals surface area contributed by atoms with Gasteiger partial charge >= 0.3 is 0 Å². The summed E-state index contributed by atoms with van der Waals surface area (Å²) in [4.78, 5) is 31.2. The van der Waals surface area contributed by atoms with E-state index in [0.717, 1.165) is 70.2 Å². The smallest absolute Gasteiger partial charge is 0.272 e. The summed E-state index contributed by atoms with van der Waals surface area (Å²) in [6.45, 7) is 3.98. The van der Waals surface area contributed by atoms with Gasteiger partial charge in [-0.05, 0) is 48.1 Å². The molecule has 0 radical (unpaired) electrons. The van der Waals surface area contributed by atoms with Crippen molar-refractivity contribution in [3.63, 3.8) is 0 Å². The summed E-state index contributed by atoms with van der Waals surface area (Å²) in [5.74, 6) is 0.959. The number of amides is 2. The number of fused-ring (bicyclic) bond motifs is 2. The minimum atomic E-state index is -0.211. The molecule has 1 saturated heterocycles. The molecule has 4 N–H and O–H groups in total. The second-order valence-electron chi connectivity index (χ2n) is 11.1. The van der Waals surface area contributed by atoms with Gasteiger partial charge in [-0.25, -0.2) is 4.98 Å². The van der Waals surface area contributed by atoms with E-state index in [0.29, 0.717) is 29.0 Å². The number of ether oxygens (including phenoxy) is 1. The first-order chi connectivity index (χ1) is 21.3. The fraction of sp³-hybridized carbons (Fsp3) is 0.265. The average Bonchev–Trinajstić information content (AvgIpc) is 3.63. The van der Waals surface area contributed by atoms with E-state index in [1.165, 1.54) is 0 Å². The third-order valence-corrected chi connectivity index (χ3v) is 9.39. The van der Waals surface area contributed by atoms with Gasteiger partial charge in [0.25, 0.3) is 5.91 Å². The number of nitrogens with zero attached hydrogens (tertiary/aromatic N) is 3. The van der Waals surface area contributed by atoms with Crippen LogP contribution in [0.1, 0.15) is 35.8 Å². The van der Waals surface area contributed by atoms with Gasteiger partial charge in [0.05, 0.1) is 12.8 Å². The van der Waals surface area contributed by atoms with Gasteiger partial charge in [-0.15, -0.1) is 11.3 Å². The van der Waals surface area contributed by atoms with Gasteiger partial charge in [-0.1, -0.05) is 36.4 Å². The predicted molar refractivity (Wildman–Crippen MR) is 179 cm³/mol. The van der Waals surface area contributed by atoms with Crippen LogP contribution in [0.4, 0.5) is 11.5 Å². The molecule has 9 nitrogen and oxygen atoms in total. The number of carbonyl (C=O) groups excluding carboxylic acids is 2. The van der Waals surface area contributed by atoms with E-state index >= 15 is 0 Å². The molecule has 0 bridgehead atoms. The molecule has 0 unspecified atom stereocenters. The number of methoxy groups -OCH3 is 1. The quantitative estimate of drug-likeness (QED) is 0.202. The summed E-state index contributed by atoms with van der Waals surface area (Å²) >= 11 is 1.63. The van der Waals surface area contributed by atoms with E-state index < -0.39 is 0 Å². The maximum Gasteiger partial charge on any atom is 0.272 e. The van der Waals surface area contributed by atoms with Crippen LogP contribution < -0.4 is 21.1 Å². The molecule has 0 saturated carbocycles. The summed E-state index contributed by atoms with van der Waals surface area (Å²) in [5, 5.41) is 10.6. The number of pyridine rings is 1. The van der Waals surface area contributed by atoms with Crippen LogP contribution in [0.15, 0.2) is 66.2 Å². The van der Waals surface area contributed by atoms with Gasteiger partial charge in [0, 0.05) is 78.0 Å². The first-order valence-corrected chi connectivity index (χ1v) is 15.6. The molecule has 1 aliphatic heterocycles. The monoisotopic (exact) mass is 608 g/mol. The molecule has 10 heteroatoms. The first-order valence-electron chi connectivity index (χ1n) is 14.7. The third-order valence-electron chi connectivity index (χ3n) is 8.36. The highest BCUT2D eigenvalue weighted by Crippen LogP contribution is 2.41. The SMILES string of the molecule is COc1cc(-c2csc3c(/C=C/CNC4CCN(C(C)=O)CC4)cnc(N)c23)ccc1NC(=O)c1cc2ccccc2n1C. The molecule has 226 valence electrons. The Morgan fingerprint density at radius 1 is 1.16 bits per heavy atom. The van der Waals surface area contributed by atoms with Crippen LogP contribution in [0, 0.1) is 0 Å². The lowest BCUT2D eigenvalue weighted by atomic mass is 10.0. The molecular weight excluding hydrogens is 572 g/mol. The maximum atomic E-state index is 13.2. The van der Waals surface area contributed by atoms with Gasteiger partial charge in [0.1, 0.15) is 17.3 Å². The largest absolute Gasteiger partial charge is 0.495 e. The molecule has 3 aromatic heterocycles. The number of nitrogen functional groups attached to an aromatic ring is 1. The van der Waals surface area contributed by atoms with Crippen molar-refractivity contribution in [1.82, 2.24) is 19.8 Å². The highest BCUT2D eigenvalue weighted by atomic mass is 32.1. The lowest BCUT2D eigenvalue weighted by Gasteiger charge is -2.31. The molecule has 0 atom stereocenters. The molecule has 1 fully saturated rings. The summed E-state index contributed by atoms with van der Waals surface area (Å²) in [5.41, 5.74) is 11.4. The zero-order valence-corrected chi connectivity index (χ0v) is 25.9. The zero-order valence-electron chi connectivity index (χ0n) is 25.1. The summed E-state index contributed by atoms with van der Waals surface area (Å²) in [6, 6.07) is 15.9. The minimum Gasteiger partial charge on any atom is -0.495 e. The van der Waals surface area contributed by atoms with Crippen LogP contribution in [0.3, 0.4) is 0 Å². The fourth-order valence-corrected chi connectivity index (χ4v) is 6.97. The normalized spacial score (nSPS) is 14.1. The molecule has 4 heterocycles. The van der Waals surface area contributed by atoms with Gasteiger partial charge < -0.3 is 30.6 Å². The summed E-state index contributed by atoms with van der Waals surface area (Å²) < 4.78 is 8.66. The maximum absolute atomic E-state index is 13.2. The average molecular weight is 609 g/mol. The van der Waals surface area contributed by atoms with Crippen molar-refractivity contribution in [3.8, 4) is 16.9 Å². The van der Waals surface area contributed by atoms with Gasteiger partial charge in [-0.3, -0.25) is 9.59 Å². The molecule has 0 spiro atoms. The number of hydrogen-bond donors (Lipinski definition) is 3. The number of piperidine rings is 1. The minimum absolute atomic E-state index is 0.150. The third kappa shape index (κ3) is 5.78. The Kier molecular flexibility index (Phi) is 8.36. The second kappa shape index (κ2) is 12.5. The van der Waals surface area contributed by atoms with E-state index in [4.69, 9.17) is 10.5 Å². The van der Waals surface area contributed by atoms with Crippen molar-refractivity contribution in [1.29, 1.82) is 0 Å². The van der Waals surface area contributed by atoms with Crippen LogP contribution in [0.5, 0.6) is 5.75 Å². The van der Waals surface area contributed by atoms with Crippen molar-refractivity contribution in [2.45, 2.75) is 25.8 Å². The number of rotatable bonds is 8. The number of aryl methyl sites for hydroxylation is 1. The fourth-order valence-electron chi connectivity index (χ4n) is 5.89. The van der Waals surface area contributed by atoms with Crippen molar-refractivity contribution in [2.75, 3.05) is 37.8 Å². The molecule has 44 heavy (non-hydrogen) atoms. The number of thiophene rings is 1. The van der Waals surface area contributed by atoms with Crippen LogP contribution in [-0.4, -0.2) is 59.1 Å². The van der Waals surface area contributed by atoms with Gasteiger partial charge in [0.15, 0.2) is 0 Å². The van der Waals surface area contributed by atoms with E-state index in [1.807, 2.05) is 71.2 Å². The number of anilines is 2. The first kappa shape index (κ1) is 29.4. The number of aromatic nitrogens is 2. The van der Waals surface area contributed by atoms with Crippen LogP contribution in [0.2, 0.25) is 0 Å². The topological polar surface area (TPSA) is 115 Å². The number of carbonyl (C=O) groups is 2. The van der Waals surface area contributed by atoms with E-state index in [2.05, 4.69) is 33.1 Å². The lowest BCUT2D eigenvalue weighted by molar-refractivity contribution is -0.129. The Balaban J connectivity index is 1.19.